The number of nitrogens with zero attached hydrogens (tertiary/aromatic N) is 3. The Hall–Kier alpha value is -1.91. The highest BCUT2D eigenvalue weighted by Gasteiger charge is 2.24. The summed E-state index contributed by atoms with van der Waals surface area (Å²) in [6, 6.07) is 3.38. The zero-order valence-corrected chi connectivity index (χ0v) is 13.8. The van der Waals surface area contributed by atoms with E-state index in [0.29, 0.717) is 17.2 Å². The van der Waals surface area contributed by atoms with E-state index >= 15 is 0 Å². The highest BCUT2D eigenvalue weighted by atomic mass is 16.2. The number of hydrogen-bond donors (Lipinski definition) is 0. The summed E-state index contributed by atoms with van der Waals surface area (Å²) in [5, 5.41) is 0. The van der Waals surface area contributed by atoms with Crippen LogP contribution in [0.25, 0.3) is 0 Å². The molecule has 0 aromatic carbocycles. The van der Waals surface area contributed by atoms with Crippen molar-refractivity contribution < 1.29 is 9.59 Å². The zero-order valence-electron chi connectivity index (χ0n) is 13.8. The van der Waals surface area contributed by atoms with Crippen molar-refractivity contribution in [1.82, 2.24) is 14.8 Å². The van der Waals surface area contributed by atoms with E-state index in [-0.39, 0.29) is 11.8 Å². The van der Waals surface area contributed by atoms with E-state index in [4.69, 9.17) is 0 Å². The average Bonchev–Trinajstić information content (AvgIpc) is 2.62. The highest BCUT2D eigenvalue weighted by molar-refractivity contribution is 5.98. The number of amides is 2. The van der Waals surface area contributed by atoms with Crippen molar-refractivity contribution in [3.8, 4) is 0 Å². The van der Waals surface area contributed by atoms with Crippen molar-refractivity contribution in [2.75, 3.05) is 26.2 Å². The second-order valence-corrected chi connectivity index (χ2v) is 6.76. The molecule has 124 valence electrons. The maximum atomic E-state index is 12.6. The molecule has 1 aromatic heterocycles. The number of rotatable bonds is 2. The second-order valence-electron chi connectivity index (χ2n) is 6.76. The first-order valence-corrected chi connectivity index (χ1v) is 8.70. The lowest BCUT2D eigenvalue weighted by Crippen LogP contribution is -2.38. The van der Waals surface area contributed by atoms with Gasteiger partial charge in [-0.25, -0.2) is 0 Å². The van der Waals surface area contributed by atoms with Crippen LogP contribution < -0.4 is 0 Å². The summed E-state index contributed by atoms with van der Waals surface area (Å²) < 4.78 is 0. The summed E-state index contributed by atoms with van der Waals surface area (Å²) >= 11 is 0. The molecule has 1 aromatic rings. The lowest BCUT2D eigenvalue weighted by atomic mass is 9.98. The maximum Gasteiger partial charge on any atom is 0.272 e. The van der Waals surface area contributed by atoms with Gasteiger partial charge < -0.3 is 9.80 Å². The minimum Gasteiger partial charge on any atom is -0.339 e. The van der Waals surface area contributed by atoms with Crippen LogP contribution in [-0.2, 0) is 0 Å². The molecule has 0 aliphatic carbocycles. The molecular formula is C18H25N3O2. The van der Waals surface area contributed by atoms with Gasteiger partial charge >= 0.3 is 0 Å². The molecular weight excluding hydrogens is 290 g/mol. The fourth-order valence-electron chi connectivity index (χ4n) is 3.33. The largest absolute Gasteiger partial charge is 0.339 e. The summed E-state index contributed by atoms with van der Waals surface area (Å²) in [5.74, 6) is 0.659. The molecule has 5 heteroatoms. The Bertz CT molecular complexity index is 573. The van der Waals surface area contributed by atoms with E-state index in [1.54, 1.807) is 18.3 Å². The topological polar surface area (TPSA) is 53.5 Å². The number of pyridine rings is 1. The highest BCUT2D eigenvalue weighted by Crippen LogP contribution is 2.19. The van der Waals surface area contributed by atoms with E-state index in [0.717, 1.165) is 51.9 Å². The average molecular weight is 315 g/mol. The minimum absolute atomic E-state index is 0.0204. The molecule has 3 rings (SSSR count). The van der Waals surface area contributed by atoms with Gasteiger partial charge in [0.2, 0.25) is 0 Å². The van der Waals surface area contributed by atoms with Crippen LogP contribution in [0, 0.1) is 5.92 Å². The molecule has 2 fully saturated rings. The monoisotopic (exact) mass is 315 g/mol. The van der Waals surface area contributed by atoms with Crippen LogP contribution in [0.4, 0.5) is 0 Å². The first-order valence-electron chi connectivity index (χ1n) is 8.70. The summed E-state index contributed by atoms with van der Waals surface area (Å²) in [7, 11) is 0. The SMILES string of the molecule is CC1CCN(C(=O)c2ccnc(C(=O)N3CCCCC3)c2)CC1. The van der Waals surface area contributed by atoms with Crippen LogP contribution in [0.1, 0.15) is 59.9 Å². The second kappa shape index (κ2) is 7.11. The molecule has 0 atom stereocenters. The first kappa shape index (κ1) is 16.0. The normalized spacial score (nSPS) is 19.7. The van der Waals surface area contributed by atoms with Crippen LogP contribution in [0.2, 0.25) is 0 Å². The molecule has 2 aliphatic heterocycles. The lowest BCUT2D eigenvalue weighted by Gasteiger charge is -2.30. The van der Waals surface area contributed by atoms with Crippen LogP contribution in [0.15, 0.2) is 18.3 Å². The van der Waals surface area contributed by atoms with Crippen LogP contribution in [-0.4, -0.2) is 52.8 Å². The van der Waals surface area contributed by atoms with Gasteiger partial charge in [-0.1, -0.05) is 6.92 Å². The summed E-state index contributed by atoms with van der Waals surface area (Å²) in [4.78, 5) is 33.1. The standard InChI is InChI=1S/C18H25N3O2/c1-14-6-11-21(12-7-14)17(22)15-5-8-19-16(13-15)18(23)20-9-3-2-4-10-20/h5,8,13-14H,2-4,6-7,9-12H2,1H3. The predicted molar refractivity (Wildman–Crippen MR) is 88.3 cm³/mol. The van der Waals surface area contributed by atoms with Crippen molar-refractivity contribution in [3.05, 3.63) is 29.6 Å². The van der Waals surface area contributed by atoms with Gasteiger partial charge in [0.1, 0.15) is 5.69 Å². The number of aromatic nitrogens is 1. The molecule has 2 saturated heterocycles. The van der Waals surface area contributed by atoms with E-state index < -0.39 is 0 Å². The molecule has 0 N–H and O–H groups in total. The fraction of sp³-hybridized carbons (Fsp3) is 0.611. The van der Waals surface area contributed by atoms with Crippen molar-refractivity contribution in [2.24, 2.45) is 5.92 Å². The maximum absolute atomic E-state index is 12.6. The molecule has 2 aliphatic rings. The Morgan fingerprint density at radius 2 is 1.65 bits per heavy atom. The Labute approximate surface area is 137 Å². The molecule has 0 spiro atoms. The third-order valence-corrected chi connectivity index (χ3v) is 4.94. The molecule has 0 saturated carbocycles. The molecule has 0 unspecified atom stereocenters. The van der Waals surface area contributed by atoms with Crippen LogP contribution in [0.5, 0.6) is 0 Å². The Morgan fingerprint density at radius 3 is 2.35 bits per heavy atom. The molecule has 5 nitrogen and oxygen atoms in total. The predicted octanol–water partition coefficient (Wildman–Crippen LogP) is 2.58. The third kappa shape index (κ3) is 3.71. The first-order chi connectivity index (χ1) is 11.1. The van der Waals surface area contributed by atoms with Gasteiger partial charge in [-0.15, -0.1) is 0 Å². The number of piperidine rings is 2. The number of carbonyl (C=O) groups is 2. The Balaban J connectivity index is 1.71. The zero-order chi connectivity index (χ0) is 16.2. The smallest absolute Gasteiger partial charge is 0.272 e. The van der Waals surface area contributed by atoms with Gasteiger partial charge in [0, 0.05) is 37.9 Å². The number of likely N-dealkylation sites (tertiary alicyclic amines) is 2. The van der Waals surface area contributed by atoms with E-state index in [2.05, 4.69) is 11.9 Å². The van der Waals surface area contributed by atoms with Gasteiger partial charge in [0.15, 0.2) is 0 Å². The van der Waals surface area contributed by atoms with Gasteiger partial charge in [0.25, 0.3) is 11.8 Å². The van der Waals surface area contributed by atoms with Crippen LogP contribution >= 0.6 is 0 Å². The Morgan fingerprint density at radius 1 is 1.00 bits per heavy atom. The molecule has 0 bridgehead atoms. The van der Waals surface area contributed by atoms with Crippen molar-refractivity contribution >= 4 is 11.8 Å². The quantitative estimate of drug-likeness (QED) is 0.843. The molecule has 0 radical (unpaired) electrons. The van der Waals surface area contributed by atoms with Crippen LogP contribution in [0.3, 0.4) is 0 Å². The molecule has 3 heterocycles. The molecule has 2 amide bonds. The van der Waals surface area contributed by atoms with E-state index in [1.807, 2.05) is 9.80 Å². The summed E-state index contributed by atoms with van der Waals surface area (Å²) in [6.07, 6.45) is 6.97. The minimum atomic E-state index is -0.0494. The van der Waals surface area contributed by atoms with E-state index in [9.17, 15) is 9.59 Å². The van der Waals surface area contributed by atoms with E-state index in [1.165, 1.54) is 6.42 Å². The van der Waals surface area contributed by atoms with Crippen molar-refractivity contribution in [3.63, 3.8) is 0 Å². The third-order valence-electron chi connectivity index (χ3n) is 4.94. The number of carbonyl (C=O) groups excluding carboxylic acids is 2. The lowest BCUT2D eigenvalue weighted by molar-refractivity contribution is 0.0697. The number of hydrogen-bond acceptors (Lipinski definition) is 3. The van der Waals surface area contributed by atoms with Gasteiger partial charge in [-0.3, -0.25) is 14.6 Å². The molecule has 23 heavy (non-hydrogen) atoms. The Kier molecular flexibility index (Phi) is 4.94. The van der Waals surface area contributed by atoms with Crippen molar-refractivity contribution in [2.45, 2.75) is 39.0 Å². The van der Waals surface area contributed by atoms with Gasteiger partial charge in [0.05, 0.1) is 0 Å². The van der Waals surface area contributed by atoms with Gasteiger partial charge in [-0.05, 0) is 50.2 Å². The van der Waals surface area contributed by atoms with Gasteiger partial charge in [-0.2, -0.15) is 0 Å². The summed E-state index contributed by atoms with van der Waals surface area (Å²) in [6.45, 7) is 5.42. The fourth-order valence-corrected chi connectivity index (χ4v) is 3.33. The van der Waals surface area contributed by atoms with Crippen molar-refractivity contribution in [1.29, 1.82) is 0 Å². The summed E-state index contributed by atoms with van der Waals surface area (Å²) in [5.41, 5.74) is 0.970.